The lowest BCUT2D eigenvalue weighted by Gasteiger charge is -2.37. The summed E-state index contributed by atoms with van der Waals surface area (Å²) in [6.07, 6.45) is 5.80. The van der Waals surface area contributed by atoms with Crippen LogP contribution in [0.5, 0.6) is 5.88 Å². The SMILES string of the molecule is COc1ccc(N2CCN(c3ncccc3C(=O)N3CCCC3)CC2)cn1. The van der Waals surface area contributed by atoms with Crippen LogP contribution >= 0.6 is 0 Å². The molecule has 2 aromatic rings. The molecule has 0 atom stereocenters. The molecule has 2 saturated heterocycles. The normalized spacial score (nSPS) is 17.3. The number of rotatable bonds is 4. The molecule has 2 aliphatic rings. The minimum atomic E-state index is 0.109. The third-order valence-corrected chi connectivity index (χ3v) is 5.28. The molecule has 27 heavy (non-hydrogen) atoms. The summed E-state index contributed by atoms with van der Waals surface area (Å²) < 4.78 is 5.13. The summed E-state index contributed by atoms with van der Waals surface area (Å²) in [7, 11) is 1.62. The maximum Gasteiger partial charge on any atom is 0.257 e. The van der Waals surface area contributed by atoms with Crippen LogP contribution in [0.3, 0.4) is 0 Å². The topological polar surface area (TPSA) is 61.8 Å². The third-order valence-electron chi connectivity index (χ3n) is 5.28. The van der Waals surface area contributed by atoms with E-state index >= 15 is 0 Å². The summed E-state index contributed by atoms with van der Waals surface area (Å²) in [5.41, 5.74) is 1.81. The maximum absolute atomic E-state index is 12.9. The van der Waals surface area contributed by atoms with Crippen LogP contribution in [0.25, 0.3) is 0 Å². The summed E-state index contributed by atoms with van der Waals surface area (Å²) >= 11 is 0. The molecule has 2 aromatic heterocycles. The number of likely N-dealkylation sites (tertiary alicyclic amines) is 1. The average molecular weight is 367 g/mol. The summed E-state index contributed by atoms with van der Waals surface area (Å²) in [6.45, 7) is 5.08. The Labute approximate surface area is 159 Å². The molecule has 0 unspecified atom stereocenters. The van der Waals surface area contributed by atoms with Gasteiger partial charge in [0, 0.05) is 51.5 Å². The molecule has 0 N–H and O–H groups in total. The number of hydrogen-bond donors (Lipinski definition) is 0. The number of piperazine rings is 1. The van der Waals surface area contributed by atoms with Gasteiger partial charge in [0.05, 0.1) is 24.6 Å². The minimum Gasteiger partial charge on any atom is -0.481 e. The van der Waals surface area contributed by atoms with Gasteiger partial charge < -0.3 is 19.4 Å². The fourth-order valence-corrected chi connectivity index (χ4v) is 3.76. The number of carbonyl (C=O) groups excluding carboxylic acids is 1. The molecule has 4 rings (SSSR count). The van der Waals surface area contributed by atoms with Crippen molar-refractivity contribution < 1.29 is 9.53 Å². The van der Waals surface area contributed by atoms with Gasteiger partial charge in [-0.3, -0.25) is 4.79 Å². The highest BCUT2D eigenvalue weighted by Crippen LogP contribution is 2.24. The number of methoxy groups -OCH3 is 1. The number of aromatic nitrogens is 2. The number of amides is 1. The first-order chi connectivity index (χ1) is 13.3. The smallest absolute Gasteiger partial charge is 0.257 e. The van der Waals surface area contributed by atoms with E-state index in [1.165, 1.54) is 0 Å². The molecule has 0 saturated carbocycles. The van der Waals surface area contributed by atoms with E-state index in [1.807, 2.05) is 35.4 Å². The molecule has 2 aliphatic heterocycles. The van der Waals surface area contributed by atoms with Crippen LogP contribution in [0.15, 0.2) is 36.7 Å². The van der Waals surface area contributed by atoms with E-state index in [9.17, 15) is 4.79 Å². The number of pyridine rings is 2. The summed E-state index contributed by atoms with van der Waals surface area (Å²) in [5, 5.41) is 0. The molecule has 0 aliphatic carbocycles. The van der Waals surface area contributed by atoms with E-state index in [4.69, 9.17) is 4.74 Å². The predicted octanol–water partition coefficient (Wildman–Crippen LogP) is 2.05. The number of nitrogens with zero attached hydrogens (tertiary/aromatic N) is 5. The quantitative estimate of drug-likeness (QED) is 0.824. The minimum absolute atomic E-state index is 0.109. The first-order valence-corrected chi connectivity index (χ1v) is 9.50. The van der Waals surface area contributed by atoms with Gasteiger partial charge in [-0.05, 0) is 31.0 Å². The lowest BCUT2D eigenvalue weighted by molar-refractivity contribution is 0.0793. The molecule has 0 bridgehead atoms. The van der Waals surface area contributed by atoms with Gasteiger partial charge in [0.25, 0.3) is 5.91 Å². The Balaban J connectivity index is 1.45. The molecule has 7 heteroatoms. The molecule has 0 aromatic carbocycles. The van der Waals surface area contributed by atoms with Crippen LogP contribution < -0.4 is 14.5 Å². The van der Waals surface area contributed by atoms with Crippen molar-refractivity contribution in [2.45, 2.75) is 12.8 Å². The largest absolute Gasteiger partial charge is 0.481 e. The van der Waals surface area contributed by atoms with Gasteiger partial charge in [-0.25, -0.2) is 9.97 Å². The zero-order valence-electron chi connectivity index (χ0n) is 15.7. The van der Waals surface area contributed by atoms with Crippen LogP contribution in [-0.2, 0) is 0 Å². The fourth-order valence-electron chi connectivity index (χ4n) is 3.76. The second-order valence-electron chi connectivity index (χ2n) is 6.91. The van der Waals surface area contributed by atoms with Crippen LogP contribution in [-0.4, -0.2) is 67.2 Å². The van der Waals surface area contributed by atoms with E-state index in [0.717, 1.165) is 69.2 Å². The van der Waals surface area contributed by atoms with Gasteiger partial charge in [0.2, 0.25) is 5.88 Å². The van der Waals surface area contributed by atoms with Crippen molar-refractivity contribution in [3.05, 3.63) is 42.2 Å². The molecule has 0 spiro atoms. The number of carbonyl (C=O) groups is 1. The molecular formula is C20H25N5O2. The lowest BCUT2D eigenvalue weighted by Crippen LogP contribution is -2.47. The van der Waals surface area contributed by atoms with Gasteiger partial charge in [0.15, 0.2) is 0 Å². The van der Waals surface area contributed by atoms with Gasteiger partial charge in [-0.15, -0.1) is 0 Å². The van der Waals surface area contributed by atoms with E-state index in [2.05, 4.69) is 19.8 Å². The first kappa shape index (κ1) is 17.6. The summed E-state index contributed by atoms with van der Waals surface area (Å²) in [4.78, 5) is 28.2. The molecule has 4 heterocycles. The zero-order valence-corrected chi connectivity index (χ0v) is 15.7. The summed E-state index contributed by atoms with van der Waals surface area (Å²) in [6, 6.07) is 7.67. The van der Waals surface area contributed by atoms with Crippen molar-refractivity contribution in [1.82, 2.24) is 14.9 Å². The molecule has 1 amide bonds. The molecule has 0 radical (unpaired) electrons. The highest BCUT2D eigenvalue weighted by molar-refractivity contribution is 5.99. The second kappa shape index (κ2) is 7.82. The van der Waals surface area contributed by atoms with Gasteiger partial charge >= 0.3 is 0 Å². The Morgan fingerprint density at radius 3 is 2.37 bits per heavy atom. The van der Waals surface area contributed by atoms with Crippen LogP contribution in [0.4, 0.5) is 11.5 Å². The van der Waals surface area contributed by atoms with E-state index in [0.29, 0.717) is 5.88 Å². The van der Waals surface area contributed by atoms with E-state index in [-0.39, 0.29) is 5.91 Å². The van der Waals surface area contributed by atoms with Crippen molar-refractivity contribution in [2.75, 3.05) is 56.2 Å². The van der Waals surface area contributed by atoms with Crippen LogP contribution in [0.2, 0.25) is 0 Å². The Kier molecular flexibility index (Phi) is 5.09. The van der Waals surface area contributed by atoms with Gasteiger partial charge in [0.1, 0.15) is 5.82 Å². The lowest BCUT2D eigenvalue weighted by atomic mass is 10.2. The first-order valence-electron chi connectivity index (χ1n) is 9.50. The molecular weight excluding hydrogens is 342 g/mol. The standard InChI is InChI=1S/C20H25N5O2/c1-27-18-7-6-16(15-22-18)23-11-13-24(14-12-23)19-17(5-4-8-21-19)20(26)25-9-2-3-10-25/h4-8,15H,2-3,9-14H2,1H3. The average Bonchev–Trinajstić information content (AvgIpc) is 3.28. The van der Waals surface area contributed by atoms with Gasteiger partial charge in [-0.1, -0.05) is 0 Å². The molecule has 2 fully saturated rings. The highest BCUT2D eigenvalue weighted by Gasteiger charge is 2.26. The van der Waals surface area contributed by atoms with Gasteiger partial charge in [-0.2, -0.15) is 0 Å². The third kappa shape index (κ3) is 3.67. The Hall–Kier alpha value is -2.83. The second-order valence-corrected chi connectivity index (χ2v) is 6.91. The monoisotopic (exact) mass is 367 g/mol. The van der Waals surface area contributed by atoms with Crippen molar-refractivity contribution in [2.24, 2.45) is 0 Å². The van der Waals surface area contributed by atoms with Crippen LogP contribution in [0, 0.1) is 0 Å². The Morgan fingerprint density at radius 2 is 1.70 bits per heavy atom. The Bertz CT molecular complexity index is 781. The van der Waals surface area contributed by atoms with Crippen molar-refractivity contribution >= 4 is 17.4 Å². The van der Waals surface area contributed by atoms with E-state index in [1.54, 1.807) is 13.3 Å². The van der Waals surface area contributed by atoms with Crippen LogP contribution in [0.1, 0.15) is 23.2 Å². The van der Waals surface area contributed by atoms with Crippen molar-refractivity contribution in [3.63, 3.8) is 0 Å². The molecule has 7 nitrogen and oxygen atoms in total. The van der Waals surface area contributed by atoms with E-state index < -0.39 is 0 Å². The van der Waals surface area contributed by atoms with Crippen molar-refractivity contribution in [3.8, 4) is 5.88 Å². The summed E-state index contributed by atoms with van der Waals surface area (Å²) in [5.74, 6) is 1.54. The Morgan fingerprint density at radius 1 is 0.963 bits per heavy atom. The fraction of sp³-hybridized carbons (Fsp3) is 0.450. The number of hydrogen-bond acceptors (Lipinski definition) is 6. The highest BCUT2D eigenvalue weighted by atomic mass is 16.5. The zero-order chi connectivity index (χ0) is 18.6. The predicted molar refractivity (Wildman–Crippen MR) is 105 cm³/mol. The number of ether oxygens (including phenoxy) is 1. The number of anilines is 2. The van der Waals surface area contributed by atoms with Crippen molar-refractivity contribution in [1.29, 1.82) is 0 Å². The maximum atomic E-state index is 12.9. The molecule has 142 valence electrons.